The molecule has 1 heterocycles. The molecule has 0 aliphatic carbocycles. The van der Waals surface area contributed by atoms with E-state index >= 15 is 0 Å². The van der Waals surface area contributed by atoms with E-state index in [1.807, 2.05) is 28.7 Å². The largest absolute Gasteiger partial charge is 0.334 e. The van der Waals surface area contributed by atoms with Crippen LogP contribution in [0.1, 0.15) is 19.8 Å². The number of rotatable bonds is 2. The number of nitrogens with one attached hydrogen (secondary N) is 1. The lowest BCUT2D eigenvalue weighted by molar-refractivity contribution is 0.621. The predicted octanol–water partition coefficient (Wildman–Crippen LogP) is 4.11. The molecule has 0 spiro atoms. The van der Waals surface area contributed by atoms with Gasteiger partial charge in [0.25, 0.3) is 0 Å². The Bertz CT molecular complexity index is 437. The zero-order valence-corrected chi connectivity index (χ0v) is 12.5. The molecule has 0 amide bonds. The van der Waals surface area contributed by atoms with Crippen molar-refractivity contribution in [3.8, 4) is 0 Å². The van der Waals surface area contributed by atoms with Gasteiger partial charge >= 0.3 is 0 Å². The van der Waals surface area contributed by atoms with E-state index in [1.165, 1.54) is 6.07 Å². The summed E-state index contributed by atoms with van der Waals surface area (Å²) in [4.78, 5) is 4.61. The number of nitrogens with zero attached hydrogens (tertiary/aromatic N) is 1. The fourth-order valence-electron chi connectivity index (χ4n) is 1.64. The van der Waals surface area contributed by atoms with Gasteiger partial charge in [0.15, 0.2) is 5.17 Å². The van der Waals surface area contributed by atoms with E-state index in [1.54, 1.807) is 17.8 Å². The second-order valence-corrected chi connectivity index (χ2v) is 6.02. The molecule has 0 saturated heterocycles. The lowest BCUT2D eigenvalue weighted by atomic mass is 10.2. The highest BCUT2D eigenvalue weighted by Crippen LogP contribution is 2.25. The fraction of sp³-hybridized carbons (Fsp3) is 0.417. The zero-order chi connectivity index (χ0) is 12.3. The average molecular weight is 364 g/mol. The van der Waals surface area contributed by atoms with Crippen molar-refractivity contribution in [2.75, 3.05) is 11.1 Å². The van der Waals surface area contributed by atoms with Crippen LogP contribution in [-0.2, 0) is 0 Å². The molecule has 2 rings (SSSR count). The molecule has 5 heteroatoms. The number of thioether (sulfide) groups is 1. The van der Waals surface area contributed by atoms with Gasteiger partial charge < -0.3 is 5.32 Å². The SMILES string of the molecule is CCC1CCSC(Nc2cccc(F)c2I)=N1. The Morgan fingerprint density at radius 1 is 1.59 bits per heavy atom. The number of aliphatic imine (C=N–C) groups is 1. The molecule has 2 nitrogen and oxygen atoms in total. The quantitative estimate of drug-likeness (QED) is 0.799. The average Bonchev–Trinajstić information content (AvgIpc) is 2.35. The molecule has 1 aromatic carbocycles. The third-order valence-electron chi connectivity index (χ3n) is 2.65. The van der Waals surface area contributed by atoms with E-state index in [2.05, 4.69) is 17.2 Å². The Balaban J connectivity index is 2.15. The Morgan fingerprint density at radius 3 is 3.18 bits per heavy atom. The van der Waals surface area contributed by atoms with Gasteiger partial charge in [-0.05, 0) is 47.6 Å². The van der Waals surface area contributed by atoms with Gasteiger partial charge in [-0.1, -0.05) is 24.8 Å². The van der Waals surface area contributed by atoms with Crippen molar-refractivity contribution in [1.82, 2.24) is 0 Å². The summed E-state index contributed by atoms with van der Waals surface area (Å²) in [6.45, 7) is 2.15. The van der Waals surface area contributed by atoms with E-state index in [4.69, 9.17) is 0 Å². The van der Waals surface area contributed by atoms with Gasteiger partial charge in [0, 0.05) is 5.75 Å². The summed E-state index contributed by atoms with van der Waals surface area (Å²) in [7, 11) is 0. The van der Waals surface area contributed by atoms with E-state index in [0.717, 1.165) is 29.4 Å². The van der Waals surface area contributed by atoms with Gasteiger partial charge in [0.1, 0.15) is 5.82 Å². The molecule has 0 saturated carbocycles. The molecule has 92 valence electrons. The summed E-state index contributed by atoms with van der Waals surface area (Å²) in [5, 5.41) is 4.13. The third-order valence-corrected chi connectivity index (χ3v) is 4.67. The maximum atomic E-state index is 13.4. The van der Waals surface area contributed by atoms with Crippen molar-refractivity contribution in [2.45, 2.75) is 25.8 Å². The minimum Gasteiger partial charge on any atom is -0.334 e. The standard InChI is InChI=1S/C12H14FIN2S/c1-2-8-6-7-17-12(15-8)16-10-5-3-4-9(13)11(10)14/h3-5,8H,2,6-7H2,1H3,(H,15,16). The second-order valence-electron chi connectivity index (χ2n) is 3.86. The van der Waals surface area contributed by atoms with Gasteiger partial charge in [-0.2, -0.15) is 0 Å². The van der Waals surface area contributed by atoms with Crippen LogP contribution in [0.15, 0.2) is 23.2 Å². The van der Waals surface area contributed by atoms with E-state index in [0.29, 0.717) is 9.61 Å². The lowest BCUT2D eigenvalue weighted by Gasteiger charge is -2.20. The first-order chi connectivity index (χ1) is 8.20. The van der Waals surface area contributed by atoms with E-state index in [9.17, 15) is 4.39 Å². The summed E-state index contributed by atoms with van der Waals surface area (Å²) in [5.41, 5.74) is 0.800. The molecule has 1 aliphatic rings. The number of hydrogen-bond acceptors (Lipinski definition) is 3. The molecule has 0 fully saturated rings. The van der Waals surface area contributed by atoms with Crippen molar-refractivity contribution in [1.29, 1.82) is 0 Å². The Kier molecular flexibility index (Phi) is 4.67. The van der Waals surface area contributed by atoms with Crippen LogP contribution in [-0.4, -0.2) is 17.0 Å². The van der Waals surface area contributed by atoms with E-state index < -0.39 is 0 Å². The van der Waals surface area contributed by atoms with Gasteiger partial charge in [-0.3, -0.25) is 4.99 Å². The Morgan fingerprint density at radius 2 is 2.41 bits per heavy atom. The molecule has 0 radical (unpaired) electrons. The molecule has 1 aromatic rings. The number of benzene rings is 1. The van der Waals surface area contributed by atoms with Crippen LogP contribution >= 0.6 is 34.4 Å². The van der Waals surface area contributed by atoms with Gasteiger partial charge in [-0.25, -0.2) is 4.39 Å². The topological polar surface area (TPSA) is 24.4 Å². The lowest BCUT2D eigenvalue weighted by Crippen LogP contribution is -2.20. The van der Waals surface area contributed by atoms with Crippen molar-refractivity contribution in [3.05, 3.63) is 27.6 Å². The fourth-order valence-corrected chi connectivity index (χ4v) is 3.12. The molecule has 1 unspecified atom stereocenters. The van der Waals surface area contributed by atoms with Crippen LogP contribution < -0.4 is 5.32 Å². The number of anilines is 1. The molecule has 0 bridgehead atoms. The first-order valence-electron chi connectivity index (χ1n) is 5.62. The van der Waals surface area contributed by atoms with Crippen molar-refractivity contribution < 1.29 is 4.39 Å². The maximum Gasteiger partial charge on any atom is 0.161 e. The first-order valence-corrected chi connectivity index (χ1v) is 7.68. The molecular weight excluding hydrogens is 350 g/mol. The molecule has 0 aromatic heterocycles. The Hall–Kier alpha value is -0.300. The van der Waals surface area contributed by atoms with Crippen LogP contribution in [0.5, 0.6) is 0 Å². The summed E-state index contributed by atoms with van der Waals surface area (Å²) < 4.78 is 14.0. The smallest absolute Gasteiger partial charge is 0.161 e. The van der Waals surface area contributed by atoms with Gasteiger partial charge in [0.2, 0.25) is 0 Å². The Labute approximate surface area is 119 Å². The van der Waals surface area contributed by atoms with Crippen molar-refractivity contribution in [3.63, 3.8) is 0 Å². The molecule has 1 atom stereocenters. The van der Waals surface area contributed by atoms with Crippen LogP contribution in [0.25, 0.3) is 0 Å². The zero-order valence-electron chi connectivity index (χ0n) is 9.54. The van der Waals surface area contributed by atoms with Crippen LogP contribution in [0.4, 0.5) is 10.1 Å². The van der Waals surface area contributed by atoms with Crippen LogP contribution in [0, 0.1) is 9.39 Å². The summed E-state index contributed by atoms with van der Waals surface area (Å²) in [6.07, 6.45) is 2.19. The highest BCUT2D eigenvalue weighted by atomic mass is 127. The van der Waals surface area contributed by atoms with Crippen LogP contribution in [0.2, 0.25) is 0 Å². The number of halogens is 2. The second kappa shape index (κ2) is 6.04. The molecule has 1 aliphatic heterocycles. The summed E-state index contributed by atoms with van der Waals surface area (Å²) >= 11 is 3.72. The van der Waals surface area contributed by atoms with Crippen LogP contribution in [0.3, 0.4) is 0 Å². The highest BCUT2D eigenvalue weighted by molar-refractivity contribution is 14.1. The number of amidine groups is 1. The van der Waals surface area contributed by atoms with Crippen molar-refractivity contribution in [2.24, 2.45) is 4.99 Å². The summed E-state index contributed by atoms with van der Waals surface area (Å²) in [6, 6.07) is 5.47. The van der Waals surface area contributed by atoms with Gasteiger partial charge in [-0.15, -0.1) is 0 Å². The molecule has 17 heavy (non-hydrogen) atoms. The normalized spacial score (nSPS) is 19.9. The highest BCUT2D eigenvalue weighted by Gasteiger charge is 2.15. The monoisotopic (exact) mass is 364 g/mol. The van der Waals surface area contributed by atoms with Gasteiger partial charge in [0.05, 0.1) is 15.3 Å². The first kappa shape index (κ1) is 13.1. The minimum atomic E-state index is -0.191. The third kappa shape index (κ3) is 3.34. The predicted molar refractivity (Wildman–Crippen MR) is 81.3 cm³/mol. The minimum absolute atomic E-state index is 0.191. The van der Waals surface area contributed by atoms with Crippen molar-refractivity contribution >= 4 is 45.2 Å². The molecular formula is C12H14FIN2S. The maximum absolute atomic E-state index is 13.4. The van der Waals surface area contributed by atoms with E-state index in [-0.39, 0.29) is 5.82 Å². The summed E-state index contributed by atoms with van der Waals surface area (Å²) in [5.74, 6) is 0.889. The number of hydrogen-bond donors (Lipinski definition) is 1. The molecule has 1 N–H and O–H groups in total.